The van der Waals surface area contributed by atoms with E-state index in [0.29, 0.717) is 0 Å². The maximum atomic E-state index is 5.08. The van der Waals surface area contributed by atoms with Crippen LogP contribution in [0.3, 0.4) is 0 Å². The quantitative estimate of drug-likeness (QED) is 0.653. The molecule has 0 radical (unpaired) electrons. The zero-order chi connectivity index (χ0) is 9.97. The highest BCUT2D eigenvalue weighted by Gasteiger charge is 2.05. The highest BCUT2D eigenvalue weighted by atomic mass is 16.5. The molecule has 1 aromatic heterocycles. The Balaban J connectivity index is 2.33. The van der Waals surface area contributed by atoms with E-state index in [0.717, 1.165) is 11.4 Å². The van der Waals surface area contributed by atoms with Gasteiger partial charge in [-0.3, -0.25) is 0 Å². The number of benzene rings is 1. The molecule has 0 saturated heterocycles. The first-order valence-corrected chi connectivity index (χ1v) is 4.35. The van der Waals surface area contributed by atoms with E-state index in [2.05, 4.69) is 5.21 Å². The third kappa shape index (κ3) is 1.59. The summed E-state index contributed by atoms with van der Waals surface area (Å²) in [6.07, 6.45) is 3.80. The van der Waals surface area contributed by atoms with Crippen LogP contribution in [0.15, 0.2) is 36.7 Å². The zero-order valence-electron chi connectivity index (χ0n) is 8.21. The number of methoxy groups -OCH3 is 1. The van der Waals surface area contributed by atoms with Gasteiger partial charge in [-0.2, -0.15) is 0 Å². The van der Waals surface area contributed by atoms with Gasteiger partial charge in [-0.1, -0.05) is 0 Å². The maximum Gasteiger partial charge on any atom is 0.161 e. The van der Waals surface area contributed by atoms with Crippen LogP contribution in [-0.2, 0) is 7.05 Å². The fourth-order valence-corrected chi connectivity index (χ4v) is 1.24. The molecule has 0 amide bonds. The molecular formula is C10H12N3O+. The van der Waals surface area contributed by atoms with E-state index in [4.69, 9.17) is 4.74 Å². The van der Waals surface area contributed by atoms with Gasteiger partial charge in [0.15, 0.2) is 18.1 Å². The van der Waals surface area contributed by atoms with Crippen molar-refractivity contribution in [3.05, 3.63) is 36.7 Å². The first-order valence-electron chi connectivity index (χ1n) is 4.35. The predicted molar refractivity (Wildman–Crippen MR) is 51.3 cm³/mol. The first kappa shape index (κ1) is 8.74. The van der Waals surface area contributed by atoms with Crippen LogP contribution in [0.4, 0.5) is 0 Å². The molecule has 0 atom stereocenters. The van der Waals surface area contributed by atoms with Crippen LogP contribution in [0.1, 0.15) is 0 Å². The van der Waals surface area contributed by atoms with Crippen LogP contribution in [0, 0.1) is 0 Å². The number of nitrogens with zero attached hydrogens (tertiary/aromatic N) is 3. The van der Waals surface area contributed by atoms with Gasteiger partial charge in [0.1, 0.15) is 12.8 Å². The van der Waals surface area contributed by atoms with Crippen molar-refractivity contribution in [1.82, 2.24) is 9.90 Å². The monoisotopic (exact) mass is 190 g/mol. The van der Waals surface area contributed by atoms with Gasteiger partial charge < -0.3 is 4.74 Å². The summed E-state index contributed by atoms with van der Waals surface area (Å²) in [5, 5.41) is 4.23. The minimum absolute atomic E-state index is 0.852. The molecule has 0 aliphatic rings. The Hall–Kier alpha value is -1.84. The van der Waals surface area contributed by atoms with Crippen molar-refractivity contribution in [2.24, 2.45) is 7.05 Å². The molecule has 4 nitrogen and oxygen atoms in total. The van der Waals surface area contributed by atoms with Crippen molar-refractivity contribution in [1.29, 1.82) is 0 Å². The van der Waals surface area contributed by atoms with Gasteiger partial charge in [0.25, 0.3) is 0 Å². The van der Waals surface area contributed by atoms with Gasteiger partial charge in [0, 0.05) is 0 Å². The Kier molecular flexibility index (Phi) is 2.18. The van der Waals surface area contributed by atoms with Crippen LogP contribution >= 0.6 is 0 Å². The maximum absolute atomic E-state index is 5.08. The molecule has 0 bridgehead atoms. The van der Waals surface area contributed by atoms with Crippen molar-refractivity contribution in [3.8, 4) is 11.4 Å². The van der Waals surface area contributed by atoms with Crippen molar-refractivity contribution >= 4 is 0 Å². The smallest absolute Gasteiger partial charge is 0.161 e. The second kappa shape index (κ2) is 3.49. The fourth-order valence-electron chi connectivity index (χ4n) is 1.24. The third-order valence-corrected chi connectivity index (χ3v) is 2.00. The van der Waals surface area contributed by atoms with E-state index >= 15 is 0 Å². The summed E-state index contributed by atoms with van der Waals surface area (Å²) >= 11 is 0. The molecule has 2 rings (SSSR count). The van der Waals surface area contributed by atoms with Crippen LogP contribution in [-0.4, -0.2) is 17.0 Å². The van der Waals surface area contributed by atoms with Gasteiger partial charge in [-0.25, -0.2) is 0 Å². The Morgan fingerprint density at radius 1 is 1.29 bits per heavy atom. The van der Waals surface area contributed by atoms with Crippen molar-refractivity contribution in [2.45, 2.75) is 0 Å². The normalized spacial score (nSPS) is 10.1. The summed E-state index contributed by atoms with van der Waals surface area (Å²) in [4.78, 5) is 0. The van der Waals surface area contributed by atoms with E-state index < -0.39 is 0 Å². The number of aromatic nitrogens is 3. The second-order valence-corrected chi connectivity index (χ2v) is 3.00. The van der Waals surface area contributed by atoms with E-state index in [1.54, 1.807) is 16.5 Å². The fraction of sp³-hybridized carbons (Fsp3) is 0.200. The highest BCUT2D eigenvalue weighted by molar-refractivity contribution is 5.36. The van der Waals surface area contributed by atoms with Crippen molar-refractivity contribution in [2.75, 3.05) is 7.11 Å². The Morgan fingerprint density at radius 3 is 2.50 bits per heavy atom. The van der Waals surface area contributed by atoms with Crippen LogP contribution in [0.25, 0.3) is 5.69 Å². The van der Waals surface area contributed by atoms with Crippen molar-refractivity contribution in [3.63, 3.8) is 0 Å². The molecule has 0 saturated carbocycles. The minimum Gasteiger partial charge on any atom is -0.497 e. The lowest BCUT2D eigenvalue weighted by Gasteiger charge is -1.98. The van der Waals surface area contributed by atoms with Gasteiger partial charge in [-0.15, -0.1) is 9.36 Å². The topological polar surface area (TPSA) is 30.9 Å². The van der Waals surface area contributed by atoms with E-state index in [-0.39, 0.29) is 0 Å². The molecule has 0 aliphatic carbocycles. The molecule has 0 unspecified atom stereocenters. The summed E-state index contributed by atoms with van der Waals surface area (Å²) in [6.45, 7) is 0. The van der Waals surface area contributed by atoms with Crippen LogP contribution in [0.2, 0.25) is 0 Å². The molecular weight excluding hydrogens is 178 g/mol. The van der Waals surface area contributed by atoms with E-state index in [1.807, 2.05) is 43.7 Å². The molecule has 14 heavy (non-hydrogen) atoms. The lowest BCUT2D eigenvalue weighted by atomic mass is 10.3. The molecule has 2 aromatic rings. The number of hydrogen-bond donors (Lipinski definition) is 0. The summed E-state index contributed by atoms with van der Waals surface area (Å²) in [5.41, 5.74) is 1.02. The molecule has 1 aromatic carbocycles. The van der Waals surface area contributed by atoms with Gasteiger partial charge in [0.05, 0.1) is 12.3 Å². The number of ether oxygens (including phenoxy) is 1. The third-order valence-electron chi connectivity index (χ3n) is 2.00. The lowest BCUT2D eigenvalue weighted by molar-refractivity contribution is -0.731. The lowest BCUT2D eigenvalue weighted by Crippen LogP contribution is -2.30. The average Bonchev–Trinajstić information content (AvgIpc) is 2.65. The molecule has 1 heterocycles. The van der Waals surface area contributed by atoms with Gasteiger partial charge >= 0.3 is 0 Å². The van der Waals surface area contributed by atoms with Gasteiger partial charge in [-0.05, 0) is 24.3 Å². The van der Waals surface area contributed by atoms with E-state index in [1.165, 1.54) is 0 Å². The minimum atomic E-state index is 0.852. The Morgan fingerprint density at radius 2 is 2.00 bits per heavy atom. The summed E-state index contributed by atoms with van der Waals surface area (Å²) in [6, 6.07) is 7.76. The average molecular weight is 190 g/mol. The van der Waals surface area contributed by atoms with Gasteiger partial charge in [0.2, 0.25) is 0 Å². The SMILES string of the molecule is COc1ccc(-n2cc[n+](C)n2)cc1. The molecule has 0 spiro atoms. The molecule has 4 heteroatoms. The van der Waals surface area contributed by atoms with Crippen LogP contribution in [0.5, 0.6) is 5.75 Å². The first-order chi connectivity index (χ1) is 6.79. The summed E-state index contributed by atoms with van der Waals surface area (Å²) < 4.78 is 8.63. The molecule has 0 N–H and O–H groups in total. The standard InChI is InChI=1S/C10H12N3O/c1-12-7-8-13(11-12)9-3-5-10(14-2)6-4-9/h3-8H,1-2H3/q+1. The summed E-state index contributed by atoms with van der Waals surface area (Å²) in [7, 11) is 3.54. The summed E-state index contributed by atoms with van der Waals surface area (Å²) in [5.74, 6) is 0.852. The number of hydrogen-bond acceptors (Lipinski definition) is 2. The van der Waals surface area contributed by atoms with Crippen molar-refractivity contribution < 1.29 is 9.42 Å². The number of rotatable bonds is 2. The molecule has 72 valence electrons. The number of aryl methyl sites for hydroxylation is 1. The molecule has 0 fully saturated rings. The Labute approximate surface area is 82.3 Å². The zero-order valence-corrected chi connectivity index (χ0v) is 8.21. The molecule has 0 aliphatic heterocycles. The van der Waals surface area contributed by atoms with E-state index in [9.17, 15) is 0 Å². The largest absolute Gasteiger partial charge is 0.497 e. The second-order valence-electron chi connectivity index (χ2n) is 3.00. The predicted octanol–water partition coefficient (Wildman–Crippen LogP) is 0.705. The highest BCUT2D eigenvalue weighted by Crippen LogP contribution is 2.13. The Bertz CT molecular complexity index is 419. The van der Waals surface area contributed by atoms with Crippen LogP contribution < -0.4 is 9.42 Å².